The molecule has 0 heterocycles. The van der Waals surface area contributed by atoms with Crippen molar-refractivity contribution in [3.05, 3.63) is 23.8 Å². The number of carbonyl (C=O) groups excluding carboxylic acids is 1. The van der Waals surface area contributed by atoms with Crippen molar-refractivity contribution in [3.63, 3.8) is 0 Å². The van der Waals surface area contributed by atoms with Gasteiger partial charge in [0, 0.05) is 6.04 Å². The first-order chi connectivity index (χ1) is 9.65. The molecule has 0 atom stereocenters. The van der Waals surface area contributed by atoms with Crippen LogP contribution in [0.1, 0.15) is 31.1 Å². The molecule has 0 bridgehead atoms. The van der Waals surface area contributed by atoms with Crippen molar-refractivity contribution in [1.29, 1.82) is 0 Å². The Morgan fingerprint density at radius 2 is 2.00 bits per heavy atom. The zero-order valence-electron chi connectivity index (χ0n) is 12.2. The first-order valence-electron chi connectivity index (χ1n) is 6.55. The average molecular weight is 304 g/mol. The summed E-state index contributed by atoms with van der Waals surface area (Å²) >= 11 is 0. The van der Waals surface area contributed by atoms with E-state index in [9.17, 15) is 18.0 Å². The van der Waals surface area contributed by atoms with Crippen LogP contribution in [0.25, 0.3) is 0 Å². The van der Waals surface area contributed by atoms with E-state index in [1.165, 1.54) is 18.2 Å². The number of halogens is 3. The van der Waals surface area contributed by atoms with Gasteiger partial charge in [-0.3, -0.25) is 0 Å². The van der Waals surface area contributed by atoms with Crippen LogP contribution in [-0.2, 0) is 4.74 Å². The Bertz CT molecular complexity index is 501. The number of esters is 1. The maximum Gasteiger partial charge on any atom is 0.405 e. The molecule has 1 aromatic rings. The van der Waals surface area contributed by atoms with Gasteiger partial charge in [-0.25, -0.2) is 4.79 Å². The molecule has 0 saturated carbocycles. The molecule has 1 rings (SSSR count). The smallest absolute Gasteiger partial charge is 0.405 e. The summed E-state index contributed by atoms with van der Waals surface area (Å²) in [6, 6.07) is 3.77. The lowest BCUT2D eigenvalue weighted by Crippen LogP contribution is -2.39. The number of alkyl halides is 3. The van der Waals surface area contributed by atoms with Crippen molar-refractivity contribution in [1.82, 2.24) is 0 Å². The molecule has 0 aromatic heterocycles. The number of ether oxygens (including phenoxy) is 1. The maximum atomic E-state index is 12.6. The largest absolute Gasteiger partial charge is 0.462 e. The minimum absolute atomic E-state index is 0.110. The molecule has 4 nitrogen and oxygen atoms in total. The quantitative estimate of drug-likeness (QED) is 0.670. The summed E-state index contributed by atoms with van der Waals surface area (Å²) < 4.78 is 42.7. The minimum Gasteiger partial charge on any atom is -0.462 e. The molecule has 7 heteroatoms. The van der Waals surface area contributed by atoms with Crippen LogP contribution in [0.2, 0.25) is 0 Å². The lowest BCUT2D eigenvalue weighted by atomic mass is 10.1. The van der Waals surface area contributed by atoms with E-state index in [2.05, 4.69) is 0 Å². The van der Waals surface area contributed by atoms with Crippen LogP contribution < -0.4 is 10.6 Å². The van der Waals surface area contributed by atoms with Crippen molar-refractivity contribution < 1.29 is 22.7 Å². The zero-order valence-corrected chi connectivity index (χ0v) is 12.2. The lowest BCUT2D eigenvalue weighted by molar-refractivity contribution is -0.120. The molecular formula is C14H19F3N2O2. The number of nitrogens with zero attached hydrogens (tertiary/aromatic N) is 1. The predicted molar refractivity (Wildman–Crippen MR) is 75.3 cm³/mol. The number of hydrogen-bond acceptors (Lipinski definition) is 4. The van der Waals surface area contributed by atoms with Gasteiger partial charge in [-0.1, -0.05) is 0 Å². The Labute approximate surface area is 121 Å². The van der Waals surface area contributed by atoms with E-state index in [-0.39, 0.29) is 29.6 Å². The molecule has 21 heavy (non-hydrogen) atoms. The number of anilines is 2. The van der Waals surface area contributed by atoms with Crippen molar-refractivity contribution in [2.75, 3.05) is 23.8 Å². The molecule has 0 saturated heterocycles. The normalized spacial score (nSPS) is 11.6. The Kier molecular flexibility index (Phi) is 5.46. The molecule has 0 amide bonds. The number of benzene rings is 1. The highest BCUT2D eigenvalue weighted by Gasteiger charge is 2.32. The van der Waals surface area contributed by atoms with Gasteiger partial charge in [-0.15, -0.1) is 0 Å². The zero-order chi connectivity index (χ0) is 16.2. The Balaban J connectivity index is 3.08. The predicted octanol–water partition coefficient (Wildman–Crippen LogP) is 3.22. The van der Waals surface area contributed by atoms with Crippen molar-refractivity contribution in [2.24, 2.45) is 0 Å². The molecule has 118 valence electrons. The Hall–Kier alpha value is -1.92. The van der Waals surface area contributed by atoms with Crippen molar-refractivity contribution >= 4 is 17.3 Å². The standard InChI is InChI=1S/C14H19F3N2O2/c1-4-21-13(20)10-5-6-12(11(18)7-10)19(9(2)3)8-14(15,16)17/h5-7,9H,4,8,18H2,1-3H3. The third kappa shape index (κ3) is 4.84. The summed E-state index contributed by atoms with van der Waals surface area (Å²) in [7, 11) is 0. The highest BCUT2D eigenvalue weighted by atomic mass is 19.4. The van der Waals surface area contributed by atoms with E-state index < -0.39 is 18.7 Å². The van der Waals surface area contributed by atoms with Gasteiger partial charge in [0.15, 0.2) is 0 Å². The molecule has 0 aliphatic carbocycles. The van der Waals surface area contributed by atoms with E-state index in [0.29, 0.717) is 0 Å². The Morgan fingerprint density at radius 1 is 1.38 bits per heavy atom. The van der Waals surface area contributed by atoms with Gasteiger partial charge in [-0.2, -0.15) is 13.2 Å². The number of carbonyl (C=O) groups is 1. The fourth-order valence-corrected chi connectivity index (χ4v) is 1.90. The molecule has 0 unspecified atom stereocenters. The molecule has 0 radical (unpaired) electrons. The Morgan fingerprint density at radius 3 is 2.43 bits per heavy atom. The van der Waals surface area contributed by atoms with Crippen LogP contribution in [0, 0.1) is 0 Å². The van der Waals surface area contributed by atoms with Gasteiger partial charge in [0.05, 0.1) is 23.5 Å². The van der Waals surface area contributed by atoms with E-state index >= 15 is 0 Å². The minimum atomic E-state index is -4.34. The molecular weight excluding hydrogens is 285 g/mol. The van der Waals surface area contributed by atoms with Crippen LogP contribution in [0.4, 0.5) is 24.5 Å². The summed E-state index contributed by atoms with van der Waals surface area (Å²) in [5.41, 5.74) is 6.37. The summed E-state index contributed by atoms with van der Waals surface area (Å²) in [4.78, 5) is 12.7. The van der Waals surface area contributed by atoms with Crippen LogP contribution in [-0.4, -0.2) is 31.3 Å². The van der Waals surface area contributed by atoms with E-state index in [1.807, 2.05) is 0 Å². The topological polar surface area (TPSA) is 55.6 Å². The van der Waals surface area contributed by atoms with Gasteiger partial charge in [0.25, 0.3) is 0 Å². The van der Waals surface area contributed by atoms with E-state index in [4.69, 9.17) is 10.5 Å². The monoisotopic (exact) mass is 304 g/mol. The SMILES string of the molecule is CCOC(=O)c1ccc(N(CC(F)(F)F)C(C)C)c(N)c1. The third-order valence-electron chi connectivity index (χ3n) is 2.82. The van der Waals surface area contributed by atoms with Crippen molar-refractivity contribution in [3.8, 4) is 0 Å². The number of hydrogen-bond donors (Lipinski definition) is 1. The van der Waals surface area contributed by atoms with Crippen molar-refractivity contribution in [2.45, 2.75) is 33.0 Å². The number of nitrogens with two attached hydrogens (primary N) is 1. The summed E-state index contributed by atoms with van der Waals surface area (Å²) in [6.07, 6.45) is -4.34. The third-order valence-corrected chi connectivity index (χ3v) is 2.82. The van der Waals surface area contributed by atoms with Gasteiger partial charge >= 0.3 is 12.1 Å². The highest BCUT2D eigenvalue weighted by Crippen LogP contribution is 2.29. The molecule has 0 aliphatic heterocycles. The fraction of sp³-hybridized carbons (Fsp3) is 0.500. The second kappa shape index (κ2) is 6.69. The molecule has 1 aromatic carbocycles. The highest BCUT2D eigenvalue weighted by molar-refractivity contribution is 5.92. The van der Waals surface area contributed by atoms with Crippen LogP contribution in [0.15, 0.2) is 18.2 Å². The number of rotatable bonds is 5. The van der Waals surface area contributed by atoms with Gasteiger partial charge in [-0.05, 0) is 39.0 Å². The maximum absolute atomic E-state index is 12.6. The molecule has 0 aliphatic rings. The first-order valence-corrected chi connectivity index (χ1v) is 6.55. The first kappa shape index (κ1) is 17.1. The van der Waals surface area contributed by atoms with E-state index in [0.717, 1.165) is 4.90 Å². The summed E-state index contributed by atoms with van der Waals surface area (Å²) in [6.45, 7) is 4.06. The van der Waals surface area contributed by atoms with E-state index in [1.54, 1.807) is 20.8 Å². The molecule has 2 N–H and O–H groups in total. The molecule has 0 fully saturated rings. The van der Waals surface area contributed by atoms with Gasteiger partial charge in [0.2, 0.25) is 0 Å². The van der Waals surface area contributed by atoms with Crippen LogP contribution in [0.5, 0.6) is 0 Å². The average Bonchev–Trinajstić information content (AvgIpc) is 2.35. The lowest BCUT2D eigenvalue weighted by Gasteiger charge is -2.31. The second-order valence-electron chi connectivity index (χ2n) is 4.83. The fourth-order valence-electron chi connectivity index (χ4n) is 1.90. The summed E-state index contributed by atoms with van der Waals surface area (Å²) in [5, 5.41) is 0. The summed E-state index contributed by atoms with van der Waals surface area (Å²) in [5.74, 6) is -0.553. The second-order valence-corrected chi connectivity index (χ2v) is 4.83. The molecule has 0 spiro atoms. The van der Waals surface area contributed by atoms with Gasteiger partial charge < -0.3 is 15.4 Å². The van der Waals surface area contributed by atoms with Crippen LogP contribution >= 0.6 is 0 Å². The van der Waals surface area contributed by atoms with Crippen LogP contribution in [0.3, 0.4) is 0 Å². The van der Waals surface area contributed by atoms with Gasteiger partial charge in [0.1, 0.15) is 6.54 Å². The number of nitrogen functional groups attached to an aromatic ring is 1.